The van der Waals surface area contributed by atoms with Crippen molar-refractivity contribution in [3.05, 3.63) is 44.7 Å². The van der Waals surface area contributed by atoms with E-state index in [2.05, 4.69) is 0 Å². The first kappa shape index (κ1) is 18.5. The molecule has 0 aliphatic heterocycles. The normalized spacial score (nSPS) is 11.7. The molecular formula is C13H10Cl3NO4S2. The molecule has 2 aromatic rings. The number of hydrogen-bond donors (Lipinski definition) is 0. The summed E-state index contributed by atoms with van der Waals surface area (Å²) < 4.78 is 30.9. The summed E-state index contributed by atoms with van der Waals surface area (Å²) in [5.41, 5.74) is 0. The van der Waals surface area contributed by atoms with E-state index in [4.69, 9.17) is 39.5 Å². The number of esters is 1. The summed E-state index contributed by atoms with van der Waals surface area (Å²) in [7, 11) is -2.55. The van der Waals surface area contributed by atoms with E-state index in [0.29, 0.717) is 4.34 Å². The fourth-order valence-electron chi connectivity index (χ4n) is 1.57. The molecule has 0 amide bonds. The summed E-state index contributed by atoms with van der Waals surface area (Å²) in [5.74, 6) is -0.725. The minimum Gasteiger partial charge on any atom is -0.424 e. The molecule has 1 heterocycles. The van der Waals surface area contributed by atoms with Crippen molar-refractivity contribution < 1.29 is 17.9 Å². The molecule has 0 radical (unpaired) electrons. The van der Waals surface area contributed by atoms with E-state index in [1.807, 2.05) is 0 Å². The van der Waals surface area contributed by atoms with Crippen LogP contribution in [0.5, 0.6) is 5.75 Å². The summed E-state index contributed by atoms with van der Waals surface area (Å²) in [5, 5.41) is 0.309. The van der Waals surface area contributed by atoms with Gasteiger partial charge in [0.2, 0.25) is 0 Å². The molecule has 1 aromatic carbocycles. The van der Waals surface area contributed by atoms with Crippen LogP contribution in [0.3, 0.4) is 0 Å². The number of rotatable bonds is 5. The third kappa shape index (κ3) is 4.37. The van der Waals surface area contributed by atoms with Crippen molar-refractivity contribution in [2.24, 2.45) is 0 Å². The quantitative estimate of drug-likeness (QED) is 0.549. The highest BCUT2D eigenvalue weighted by Gasteiger charge is 2.25. The number of likely N-dealkylation sites (N-methyl/N-ethyl adjacent to an activating group) is 1. The van der Waals surface area contributed by atoms with E-state index >= 15 is 0 Å². The van der Waals surface area contributed by atoms with Gasteiger partial charge in [0.15, 0.2) is 5.75 Å². The fraction of sp³-hybridized carbons (Fsp3) is 0.154. The number of carbonyl (C=O) groups excluding carboxylic acids is 1. The first-order chi connectivity index (χ1) is 10.7. The molecule has 1 aromatic heterocycles. The number of benzene rings is 1. The molecule has 10 heteroatoms. The molecule has 124 valence electrons. The van der Waals surface area contributed by atoms with Crippen LogP contribution in [0.1, 0.15) is 0 Å². The topological polar surface area (TPSA) is 63.7 Å². The lowest BCUT2D eigenvalue weighted by Gasteiger charge is -2.15. The molecule has 0 N–H and O–H groups in total. The van der Waals surface area contributed by atoms with Gasteiger partial charge in [0.05, 0.1) is 9.36 Å². The van der Waals surface area contributed by atoms with Gasteiger partial charge >= 0.3 is 5.97 Å². The van der Waals surface area contributed by atoms with Crippen LogP contribution in [-0.4, -0.2) is 32.3 Å². The average molecular weight is 415 g/mol. The summed E-state index contributed by atoms with van der Waals surface area (Å²) in [6.45, 7) is -0.485. The van der Waals surface area contributed by atoms with Gasteiger partial charge in [-0.1, -0.05) is 40.9 Å². The molecule has 0 atom stereocenters. The Morgan fingerprint density at radius 3 is 2.52 bits per heavy atom. The van der Waals surface area contributed by atoms with Gasteiger partial charge in [-0.05, 0) is 24.3 Å². The third-order valence-corrected chi connectivity index (χ3v) is 7.01. The van der Waals surface area contributed by atoms with E-state index in [0.717, 1.165) is 15.6 Å². The first-order valence-corrected chi connectivity index (χ1v) is 9.47. The zero-order valence-electron chi connectivity index (χ0n) is 11.6. The molecule has 5 nitrogen and oxygen atoms in total. The lowest BCUT2D eigenvalue weighted by atomic mass is 10.3. The molecule has 0 aliphatic rings. The van der Waals surface area contributed by atoms with Crippen molar-refractivity contribution in [3.8, 4) is 5.75 Å². The van der Waals surface area contributed by atoms with Gasteiger partial charge in [-0.25, -0.2) is 8.42 Å². The first-order valence-electron chi connectivity index (χ1n) is 6.08. The van der Waals surface area contributed by atoms with Crippen molar-refractivity contribution in [3.63, 3.8) is 0 Å². The minimum atomic E-state index is -3.82. The van der Waals surface area contributed by atoms with E-state index in [1.54, 1.807) is 12.1 Å². The Labute approximate surface area is 152 Å². The van der Waals surface area contributed by atoms with Crippen molar-refractivity contribution in [1.82, 2.24) is 4.31 Å². The van der Waals surface area contributed by atoms with Gasteiger partial charge in [0.1, 0.15) is 15.8 Å². The van der Waals surface area contributed by atoms with E-state index in [1.165, 1.54) is 25.2 Å². The molecule has 23 heavy (non-hydrogen) atoms. The maximum Gasteiger partial charge on any atom is 0.326 e. The predicted molar refractivity (Wildman–Crippen MR) is 91.2 cm³/mol. The summed E-state index contributed by atoms with van der Waals surface area (Å²) >= 11 is 18.4. The third-order valence-electron chi connectivity index (χ3n) is 2.70. The number of sulfonamides is 1. The second kappa shape index (κ2) is 7.38. The van der Waals surface area contributed by atoms with Gasteiger partial charge in [-0.3, -0.25) is 4.79 Å². The second-order valence-corrected chi connectivity index (χ2v) is 9.12. The van der Waals surface area contributed by atoms with Crippen LogP contribution < -0.4 is 4.74 Å². The van der Waals surface area contributed by atoms with Crippen LogP contribution in [-0.2, 0) is 14.8 Å². The number of halogens is 3. The highest BCUT2D eigenvalue weighted by Crippen LogP contribution is 2.32. The Hall–Kier alpha value is -0.830. The SMILES string of the molecule is CN(CC(=O)Oc1cccc(Cl)c1Cl)S(=O)(=O)c1ccc(Cl)s1. The lowest BCUT2D eigenvalue weighted by Crippen LogP contribution is -2.33. The maximum absolute atomic E-state index is 12.3. The highest BCUT2D eigenvalue weighted by molar-refractivity contribution is 7.91. The average Bonchev–Trinajstić information content (AvgIpc) is 2.91. The summed E-state index contributed by atoms with van der Waals surface area (Å²) in [4.78, 5) is 11.9. The Bertz CT molecular complexity index is 835. The van der Waals surface area contributed by atoms with Crippen molar-refractivity contribution in [2.45, 2.75) is 4.21 Å². The monoisotopic (exact) mass is 413 g/mol. The Morgan fingerprint density at radius 2 is 1.91 bits per heavy atom. The van der Waals surface area contributed by atoms with Crippen LogP contribution in [0.4, 0.5) is 0 Å². The number of thiophene rings is 1. The van der Waals surface area contributed by atoms with Crippen LogP contribution in [0.2, 0.25) is 14.4 Å². The summed E-state index contributed by atoms with van der Waals surface area (Å²) in [6.07, 6.45) is 0. The van der Waals surface area contributed by atoms with Crippen LogP contribution >= 0.6 is 46.1 Å². The fourth-order valence-corrected chi connectivity index (χ4v) is 4.71. The van der Waals surface area contributed by atoms with Gasteiger partial charge in [0.25, 0.3) is 10.0 Å². The zero-order valence-corrected chi connectivity index (χ0v) is 15.5. The molecule has 0 saturated heterocycles. The molecular weight excluding hydrogens is 405 g/mol. The number of nitrogens with zero attached hydrogens (tertiary/aromatic N) is 1. The van der Waals surface area contributed by atoms with Gasteiger partial charge < -0.3 is 4.74 Å². The minimum absolute atomic E-state index is 0.0404. The molecule has 0 aliphatic carbocycles. The van der Waals surface area contributed by atoms with Crippen LogP contribution in [0.15, 0.2) is 34.5 Å². The van der Waals surface area contributed by atoms with Crippen LogP contribution in [0, 0.1) is 0 Å². The Morgan fingerprint density at radius 1 is 1.22 bits per heavy atom. The predicted octanol–water partition coefficient (Wildman–Crippen LogP) is 3.93. The standard InChI is InChI=1S/C13H10Cl3NO4S2/c1-17(23(19,20)12-6-5-10(15)22-12)7-11(18)21-9-4-2-3-8(14)13(9)16/h2-6H,7H2,1H3. The number of ether oxygens (including phenoxy) is 1. The summed E-state index contributed by atoms with van der Waals surface area (Å²) in [6, 6.07) is 7.40. The largest absolute Gasteiger partial charge is 0.424 e. The highest BCUT2D eigenvalue weighted by atomic mass is 35.5. The van der Waals surface area contributed by atoms with Crippen molar-refractivity contribution in [1.29, 1.82) is 0 Å². The Kier molecular flexibility index (Phi) is 5.94. The Balaban J connectivity index is 2.09. The molecule has 0 spiro atoms. The smallest absolute Gasteiger partial charge is 0.326 e. The van der Waals surface area contributed by atoms with E-state index < -0.39 is 22.5 Å². The van der Waals surface area contributed by atoms with E-state index in [-0.39, 0.29) is 20.0 Å². The molecule has 0 unspecified atom stereocenters. The number of carbonyl (C=O) groups is 1. The van der Waals surface area contributed by atoms with Crippen molar-refractivity contribution in [2.75, 3.05) is 13.6 Å². The van der Waals surface area contributed by atoms with Crippen LogP contribution in [0.25, 0.3) is 0 Å². The molecule has 2 rings (SSSR count). The van der Waals surface area contributed by atoms with Crippen molar-refractivity contribution >= 4 is 62.1 Å². The lowest BCUT2D eigenvalue weighted by molar-refractivity contribution is -0.134. The number of hydrogen-bond acceptors (Lipinski definition) is 5. The second-order valence-electron chi connectivity index (χ2n) is 4.35. The van der Waals surface area contributed by atoms with Gasteiger partial charge in [-0.15, -0.1) is 11.3 Å². The van der Waals surface area contributed by atoms with Gasteiger partial charge in [-0.2, -0.15) is 4.31 Å². The maximum atomic E-state index is 12.3. The van der Waals surface area contributed by atoms with E-state index in [9.17, 15) is 13.2 Å². The molecule has 0 saturated carbocycles. The molecule has 0 bridgehead atoms. The molecule has 0 fully saturated rings. The van der Waals surface area contributed by atoms with Gasteiger partial charge in [0, 0.05) is 7.05 Å². The zero-order chi connectivity index (χ0) is 17.2.